The molecule has 1 saturated heterocycles. The first-order valence-electron chi connectivity index (χ1n) is 9.40. The van der Waals surface area contributed by atoms with E-state index in [2.05, 4.69) is 52.1 Å². The molecule has 1 amide bonds. The molecule has 6 nitrogen and oxygen atoms in total. The van der Waals surface area contributed by atoms with Crippen LogP contribution in [0.25, 0.3) is 0 Å². The Hall–Kier alpha value is -2.43. The third-order valence-electron chi connectivity index (χ3n) is 4.83. The molecule has 1 aliphatic heterocycles. The van der Waals surface area contributed by atoms with Gasteiger partial charge in [-0.1, -0.05) is 41.6 Å². The third-order valence-corrected chi connectivity index (χ3v) is 5.79. The van der Waals surface area contributed by atoms with Crippen molar-refractivity contribution in [2.24, 2.45) is 0 Å². The van der Waals surface area contributed by atoms with E-state index in [1.165, 1.54) is 22.9 Å². The van der Waals surface area contributed by atoms with Gasteiger partial charge in [0.25, 0.3) is 0 Å². The molecule has 0 atom stereocenters. The molecule has 1 fully saturated rings. The van der Waals surface area contributed by atoms with Gasteiger partial charge in [-0.25, -0.2) is 9.97 Å². The molecule has 0 spiro atoms. The summed E-state index contributed by atoms with van der Waals surface area (Å²) in [5.74, 6) is 1.01. The molecule has 1 aliphatic rings. The molecule has 2 heterocycles. The van der Waals surface area contributed by atoms with Gasteiger partial charge in [0.15, 0.2) is 0 Å². The maximum Gasteiger partial charge on any atom is 0.233 e. The Bertz CT molecular complexity index is 900. The lowest BCUT2D eigenvalue weighted by atomic mass is 10.1. The van der Waals surface area contributed by atoms with Crippen molar-refractivity contribution in [2.45, 2.75) is 32.3 Å². The molecule has 7 heteroatoms. The van der Waals surface area contributed by atoms with Crippen LogP contribution in [-0.4, -0.2) is 57.6 Å². The van der Waals surface area contributed by atoms with E-state index < -0.39 is 0 Å². The highest BCUT2D eigenvalue weighted by Crippen LogP contribution is 2.22. The number of aromatic nitrogens is 2. The van der Waals surface area contributed by atoms with Gasteiger partial charge >= 0.3 is 0 Å². The van der Waals surface area contributed by atoms with Crippen LogP contribution in [-0.2, 0) is 11.3 Å². The van der Waals surface area contributed by atoms with E-state index in [0.29, 0.717) is 27.9 Å². The number of amides is 1. The third kappa shape index (κ3) is 5.09. The fourth-order valence-corrected chi connectivity index (χ4v) is 4.34. The average Bonchev–Trinajstić information content (AvgIpc) is 2.66. The van der Waals surface area contributed by atoms with Gasteiger partial charge in [0, 0.05) is 32.7 Å². The molecule has 0 N–H and O–H groups in total. The Labute approximate surface area is 170 Å². The predicted octanol–water partition coefficient (Wildman–Crippen LogP) is 2.71. The SMILES string of the molecule is Cc1cccc(CN2CCN(C(=O)CSc3nc(C)nc(C)c3C#N)CC2)c1. The summed E-state index contributed by atoms with van der Waals surface area (Å²) in [6.07, 6.45) is 0. The monoisotopic (exact) mass is 395 g/mol. The average molecular weight is 396 g/mol. The molecular formula is C21H25N5OS. The zero-order valence-electron chi connectivity index (χ0n) is 16.6. The fraction of sp³-hybridized carbons (Fsp3) is 0.429. The van der Waals surface area contributed by atoms with E-state index in [-0.39, 0.29) is 5.91 Å². The van der Waals surface area contributed by atoms with E-state index in [0.717, 1.165) is 32.7 Å². The normalized spacial score (nSPS) is 14.7. The lowest BCUT2D eigenvalue weighted by Gasteiger charge is -2.34. The number of hydrogen-bond acceptors (Lipinski definition) is 6. The van der Waals surface area contributed by atoms with Crippen LogP contribution in [0.4, 0.5) is 0 Å². The summed E-state index contributed by atoms with van der Waals surface area (Å²) >= 11 is 1.33. The molecule has 28 heavy (non-hydrogen) atoms. The second kappa shape index (κ2) is 9.18. The molecule has 0 unspecified atom stereocenters. The summed E-state index contributed by atoms with van der Waals surface area (Å²) in [5, 5.41) is 9.92. The van der Waals surface area contributed by atoms with Crippen molar-refractivity contribution in [1.29, 1.82) is 5.26 Å². The van der Waals surface area contributed by atoms with E-state index in [4.69, 9.17) is 0 Å². The van der Waals surface area contributed by atoms with Crippen LogP contribution >= 0.6 is 11.8 Å². The van der Waals surface area contributed by atoms with Gasteiger partial charge in [0.2, 0.25) is 5.91 Å². The molecule has 3 rings (SSSR count). The summed E-state index contributed by atoms with van der Waals surface area (Å²) in [5.41, 5.74) is 3.71. The first-order valence-corrected chi connectivity index (χ1v) is 10.4. The second-order valence-corrected chi connectivity index (χ2v) is 8.05. The molecule has 1 aromatic carbocycles. The van der Waals surface area contributed by atoms with Crippen molar-refractivity contribution in [3.05, 3.63) is 52.5 Å². The highest BCUT2D eigenvalue weighted by Gasteiger charge is 2.22. The van der Waals surface area contributed by atoms with Crippen LogP contribution in [0.1, 0.15) is 28.2 Å². The summed E-state index contributed by atoms with van der Waals surface area (Å²) in [6.45, 7) is 9.84. The van der Waals surface area contributed by atoms with Crippen molar-refractivity contribution < 1.29 is 4.79 Å². The lowest BCUT2D eigenvalue weighted by Crippen LogP contribution is -2.48. The van der Waals surface area contributed by atoms with Crippen LogP contribution in [0.2, 0.25) is 0 Å². The van der Waals surface area contributed by atoms with Crippen LogP contribution < -0.4 is 0 Å². The molecule has 0 bridgehead atoms. The van der Waals surface area contributed by atoms with Crippen LogP contribution in [0.15, 0.2) is 29.3 Å². The van der Waals surface area contributed by atoms with E-state index in [9.17, 15) is 10.1 Å². The number of aryl methyl sites for hydroxylation is 3. The van der Waals surface area contributed by atoms with Gasteiger partial charge in [-0.2, -0.15) is 5.26 Å². The van der Waals surface area contributed by atoms with Gasteiger partial charge in [-0.05, 0) is 26.3 Å². The Morgan fingerprint density at radius 3 is 2.61 bits per heavy atom. The van der Waals surface area contributed by atoms with Gasteiger partial charge in [0.05, 0.1) is 11.4 Å². The zero-order valence-corrected chi connectivity index (χ0v) is 17.4. The Balaban J connectivity index is 1.51. The number of carbonyl (C=O) groups excluding carboxylic acids is 1. The van der Waals surface area contributed by atoms with Crippen molar-refractivity contribution in [3.8, 4) is 6.07 Å². The molecule has 2 aromatic rings. The number of thioether (sulfide) groups is 1. The number of nitriles is 1. The minimum absolute atomic E-state index is 0.0954. The summed E-state index contributed by atoms with van der Waals surface area (Å²) < 4.78 is 0. The van der Waals surface area contributed by atoms with Crippen molar-refractivity contribution in [3.63, 3.8) is 0 Å². The minimum atomic E-state index is 0.0954. The fourth-order valence-electron chi connectivity index (χ4n) is 3.36. The van der Waals surface area contributed by atoms with Crippen molar-refractivity contribution in [1.82, 2.24) is 19.8 Å². The van der Waals surface area contributed by atoms with Gasteiger partial charge in [-0.15, -0.1) is 0 Å². The Kier molecular flexibility index (Phi) is 6.65. The van der Waals surface area contributed by atoms with Crippen molar-refractivity contribution >= 4 is 17.7 Å². The number of hydrogen-bond donors (Lipinski definition) is 0. The lowest BCUT2D eigenvalue weighted by molar-refractivity contribution is -0.130. The summed E-state index contributed by atoms with van der Waals surface area (Å²) in [4.78, 5) is 25.5. The predicted molar refractivity (Wildman–Crippen MR) is 110 cm³/mol. The minimum Gasteiger partial charge on any atom is -0.339 e. The number of benzene rings is 1. The Morgan fingerprint density at radius 1 is 1.18 bits per heavy atom. The highest BCUT2D eigenvalue weighted by atomic mass is 32.2. The van der Waals surface area contributed by atoms with E-state index in [1.54, 1.807) is 13.8 Å². The van der Waals surface area contributed by atoms with Crippen LogP contribution in [0, 0.1) is 32.1 Å². The van der Waals surface area contributed by atoms with Gasteiger partial charge in [-0.3, -0.25) is 9.69 Å². The number of rotatable bonds is 5. The smallest absolute Gasteiger partial charge is 0.233 e. The van der Waals surface area contributed by atoms with Crippen LogP contribution in [0.5, 0.6) is 0 Å². The molecule has 1 aromatic heterocycles. The summed E-state index contributed by atoms with van der Waals surface area (Å²) in [7, 11) is 0. The quantitative estimate of drug-likeness (QED) is 0.572. The molecular weight excluding hydrogens is 370 g/mol. The number of carbonyl (C=O) groups is 1. The zero-order chi connectivity index (χ0) is 20.1. The number of piperazine rings is 1. The largest absolute Gasteiger partial charge is 0.339 e. The maximum absolute atomic E-state index is 12.6. The standard InChI is InChI=1S/C21H25N5OS/c1-15-5-4-6-18(11-15)13-25-7-9-26(10-8-25)20(27)14-28-21-19(12-22)16(2)23-17(3)24-21/h4-6,11H,7-10,13-14H2,1-3H3. The molecule has 146 valence electrons. The number of nitrogens with zero attached hydrogens (tertiary/aromatic N) is 5. The summed E-state index contributed by atoms with van der Waals surface area (Å²) in [6, 6.07) is 10.7. The van der Waals surface area contributed by atoms with E-state index in [1.807, 2.05) is 4.90 Å². The first kappa shape index (κ1) is 20.3. The second-order valence-electron chi connectivity index (χ2n) is 7.08. The maximum atomic E-state index is 12.6. The van der Waals surface area contributed by atoms with E-state index >= 15 is 0 Å². The topological polar surface area (TPSA) is 73.1 Å². The first-order chi connectivity index (χ1) is 13.5. The van der Waals surface area contributed by atoms with Gasteiger partial charge in [0.1, 0.15) is 22.5 Å². The van der Waals surface area contributed by atoms with Crippen molar-refractivity contribution in [2.75, 3.05) is 31.9 Å². The Morgan fingerprint density at radius 2 is 1.93 bits per heavy atom. The highest BCUT2D eigenvalue weighted by molar-refractivity contribution is 8.00. The van der Waals surface area contributed by atoms with Gasteiger partial charge < -0.3 is 4.90 Å². The molecule has 0 aliphatic carbocycles. The molecule has 0 radical (unpaired) electrons. The molecule has 0 saturated carbocycles. The van der Waals surface area contributed by atoms with Crippen LogP contribution in [0.3, 0.4) is 0 Å².